The molecule has 0 aliphatic rings. The summed E-state index contributed by atoms with van der Waals surface area (Å²) in [5.74, 6) is 7.35. The van der Waals surface area contributed by atoms with Crippen LogP contribution in [0.1, 0.15) is 65.4 Å². The van der Waals surface area contributed by atoms with Crippen molar-refractivity contribution in [3.8, 4) is 17.6 Å². The van der Waals surface area contributed by atoms with Gasteiger partial charge in [-0.3, -0.25) is 0 Å². The molecule has 0 fully saturated rings. The lowest BCUT2D eigenvalue weighted by Crippen LogP contribution is -2.22. The molecule has 0 atom stereocenters. The summed E-state index contributed by atoms with van der Waals surface area (Å²) in [6.07, 6.45) is 6.11. The average molecular weight is 258 g/mol. The van der Waals surface area contributed by atoms with E-state index in [9.17, 15) is 0 Å². The largest absolute Gasteiger partial charge is 0.488 e. The van der Waals surface area contributed by atoms with Crippen LogP contribution in [-0.4, -0.2) is 5.60 Å². The van der Waals surface area contributed by atoms with E-state index < -0.39 is 0 Å². The number of ether oxygens (including phenoxy) is 1. The van der Waals surface area contributed by atoms with Gasteiger partial charge in [0.25, 0.3) is 0 Å². The Balaban J connectivity index is 2.42. The molecule has 0 bridgehead atoms. The summed E-state index contributed by atoms with van der Waals surface area (Å²) < 4.78 is 5.78. The maximum Gasteiger partial charge on any atom is 0.120 e. The fourth-order valence-electron chi connectivity index (χ4n) is 1.76. The summed E-state index contributed by atoms with van der Waals surface area (Å²) in [5.41, 5.74) is 0.920. The van der Waals surface area contributed by atoms with E-state index in [0.717, 1.165) is 17.7 Å². The molecule has 1 nitrogen and oxygen atoms in total. The van der Waals surface area contributed by atoms with Crippen molar-refractivity contribution in [2.45, 2.75) is 65.4 Å². The summed E-state index contributed by atoms with van der Waals surface area (Å²) in [4.78, 5) is 0. The molecular weight excluding hydrogens is 232 g/mol. The standard InChI is InChI=1S/C18H26O/c1-5-6-7-8-9-10-11-16-12-14-17(15-13-16)19-18(2,3)4/h12-15H,5-9H2,1-4H3. The van der Waals surface area contributed by atoms with Crippen molar-refractivity contribution in [1.82, 2.24) is 0 Å². The van der Waals surface area contributed by atoms with Crippen molar-refractivity contribution in [2.24, 2.45) is 0 Å². The summed E-state index contributed by atoms with van der Waals surface area (Å²) in [5, 5.41) is 0. The third-order valence-corrected chi connectivity index (χ3v) is 2.67. The van der Waals surface area contributed by atoms with Crippen LogP contribution in [0, 0.1) is 11.8 Å². The van der Waals surface area contributed by atoms with Crippen molar-refractivity contribution >= 4 is 0 Å². The normalized spacial score (nSPS) is 10.7. The van der Waals surface area contributed by atoms with Gasteiger partial charge in [-0.15, -0.1) is 0 Å². The number of benzene rings is 1. The molecule has 0 N–H and O–H groups in total. The molecule has 0 aliphatic heterocycles. The highest BCUT2D eigenvalue weighted by atomic mass is 16.5. The van der Waals surface area contributed by atoms with Gasteiger partial charge in [0.05, 0.1) is 0 Å². The van der Waals surface area contributed by atoms with Gasteiger partial charge in [0, 0.05) is 12.0 Å². The number of hydrogen-bond acceptors (Lipinski definition) is 1. The van der Waals surface area contributed by atoms with Crippen LogP contribution in [0.2, 0.25) is 0 Å². The van der Waals surface area contributed by atoms with E-state index in [4.69, 9.17) is 4.74 Å². The Morgan fingerprint density at radius 2 is 1.68 bits per heavy atom. The van der Waals surface area contributed by atoms with Gasteiger partial charge in [-0.1, -0.05) is 38.0 Å². The van der Waals surface area contributed by atoms with E-state index in [1.54, 1.807) is 0 Å². The maximum absolute atomic E-state index is 5.78. The minimum Gasteiger partial charge on any atom is -0.488 e. The molecule has 0 aromatic heterocycles. The van der Waals surface area contributed by atoms with Crippen molar-refractivity contribution in [2.75, 3.05) is 0 Å². The smallest absolute Gasteiger partial charge is 0.120 e. The van der Waals surface area contributed by atoms with E-state index in [0.29, 0.717) is 0 Å². The molecule has 1 aromatic rings. The Morgan fingerprint density at radius 1 is 1.00 bits per heavy atom. The molecule has 0 amide bonds. The van der Waals surface area contributed by atoms with Crippen LogP contribution < -0.4 is 4.74 Å². The molecule has 1 aromatic carbocycles. The monoisotopic (exact) mass is 258 g/mol. The predicted molar refractivity (Wildman–Crippen MR) is 82.5 cm³/mol. The van der Waals surface area contributed by atoms with Crippen LogP contribution in [-0.2, 0) is 0 Å². The third-order valence-electron chi connectivity index (χ3n) is 2.67. The zero-order valence-corrected chi connectivity index (χ0v) is 12.8. The second-order valence-corrected chi connectivity index (χ2v) is 5.85. The Labute approximate surface area is 118 Å². The number of hydrogen-bond donors (Lipinski definition) is 0. The minimum absolute atomic E-state index is 0.146. The Morgan fingerprint density at radius 3 is 2.26 bits per heavy atom. The topological polar surface area (TPSA) is 9.23 Å². The van der Waals surface area contributed by atoms with Gasteiger partial charge in [-0.25, -0.2) is 0 Å². The van der Waals surface area contributed by atoms with Crippen molar-refractivity contribution < 1.29 is 4.74 Å². The maximum atomic E-state index is 5.78. The predicted octanol–water partition coefficient (Wildman–Crippen LogP) is 5.19. The van der Waals surface area contributed by atoms with Gasteiger partial charge >= 0.3 is 0 Å². The molecule has 0 radical (unpaired) electrons. The molecule has 0 aliphatic carbocycles. The lowest BCUT2D eigenvalue weighted by Gasteiger charge is -2.21. The van der Waals surface area contributed by atoms with E-state index in [2.05, 4.69) is 39.5 Å². The van der Waals surface area contributed by atoms with Gasteiger partial charge in [-0.05, 0) is 51.5 Å². The van der Waals surface area contributed by atoms with Gasteiger partial charge < -0.3 is 4.74 Å². The van der Waals surface area contributed by atoms with E-state index in [1.165, 1.54) is 25.7 Å². The summed E-state index contributed by atoms with van der Waals surface area (Å²) in [6.45, 7) is 8.39. The fourth-order valence-corrected chi connectivity index (χ4v) is 1.76. The van der Waals surface area contributed by atoms with Crippen LogP contribution in [0.25, 0.3) is 0 Å². The first-order chi connectivity index (χ1) is 9.01. The zero-order chi connectivity index (χ0) is 14.1. The average Bonchev–Trinajstić information content (AvgIpc) is 2.34. The highest BCUT2D eigenvalue weighted by Crippen LogP contribution is 2.18. The van der Waals surface area contributed by atoms with Crippen molar-refractivity contribution in [3.05, 3.63) is 29.8 Å². The first-order valence-corrected chi connectivity index (χ1v) is 7.29. The van der Waals surface area contributed by atoms with Crippen LogP contribution in [0.15, 0.2) is 24.3 Å². The van der Waals surface area contributed by atoms with Crippen LogP contribution in [0.5, 0.6) is 5.75 Å². The molecule has 0 saturated carbocycles. The van der Waals surface area contributed by atoms with Crippen molar-refractivity contribution in [3.63, 3.8) is 0 Å². The SMILES string of the molecule is CCCCCCC#Cc1ccc(OC(C)(C)C)cc1. The minimum atomic E-state index is -0.146. The van der Waals surface area contributed by atoms with Crippen LogP contribution in [0.3, 0.4) is 0 Å². The van der Waals surface area contributed by atoms with Gasteiger partial charge in [0.15, 0.2) is 0 Å². The molecule has 1 rings (SSSR count). The Kier molecular flexibility index (Phi) is 6.50. The first-order valence-electron chi connectivity index (χ1n) is 7.29. The fraction of sp³-hybridized carbons (Fsp3) is 0.556. The Bertz CT molecular complexity index is 412. The molecule has 19 heavy (non-hydrogen) atoms. The van der Waals surface area contributed by atoms with Crippen LogP contribution >= 0.6 is 0 Å². The molecule has 0 unspecified atom stereocenters. The molecule has 0 heterocycles. The molecule has 0 spiro atoms. The number of rotatable bonds is 5. The highest BCUT2D eigenvalue weighted by Gasteiger charge is 2.10. The quantitative estimate of drug-likeness (QED) is 0.522. The van der Waals surface area contributed by atoms with Crippen molar-refractivity contribution in [1.29, 1.82) is 0 Å². The number of unbranched alkanes of at least 4 members (excludes halogenated alkanes) is 4. The summed E-state index contributed by atoms with van der Waals surface area (Å²) in [6, 6.07) is 8.04. The summed E-state index contributed by atoms with van der Waals surface area (Å²) >= 11 is 0. The van der Waals surface area contributed by atoms with Gasteiger partial charge in [-0.2, -0.15) is 0 Å². The third kappa shape index (κ3) is 7.57. The first kappa shape index (κ1) is 15.6. The zero-order valence-electron chi connectivity index (χ0n) is 12.8. The van der Waals surface area contributed by atoms with E-state index in [-0.39, 0.29) is 5.60 Å². The van der Waals surface area contributed by atoms with E-state index >= 15 is 0 Å². The molecule has 0 saturated heterocycles. The van der Waals surface area contributed by atoms with Gasteiger partial charge in [0.1, 0.15) is 11.4 Å². The second kappa shape index (κ2) is 7.89. The van der Waals surface area contributed by atoms with Gasteiger partial charge in [0.2, 0.25) is 0 Å². The lowest BCUT2D eigenvalue weighted by molar-refractivity contribution is 0.131. The van der Waals surface area contributed by atoms with E-state index in [1.807, 2.05) is 24.3 Å². The summed E-state index contributed by atoms with van der Waals surface area (Å²) in [7, 11) is 0. The molecule has 1 heteroatoms. The second-order valence-electron chi connectivity index (χ2n) is 5.85. The molecular formula is C18H26O. The highest BCUT2D eigenvalue weighted by molar-refractivity contribution is 5.38. The molecule has 104 valence electrons. The van der Waals surface area contributed by atoms with Crippen LogP contribution in [0.4, 0.5) is 0 Å². The lowest BCUT2D eigenvalue weighted by atomic mass is 10.1. The Hall–Kier alpha value is -1.42.